The van der Waals surface area contributed by atoms with Gasteiger partial charge in [0.2, 0.25) is 0 Å². The minimum absolute atomic E-state index is 0.0583. The zero-order chi connectivity index (χ0) is 14.6. The molecule has 0 saturated carbocycles. The van der Waals surface area contributed by atoms with Crippen molar-refractivity contribution in [2.45, 2.75) is 32.3 Å². The predicted octanol–water partition coefficient (Wildman–Crippen LogP) is 1.72. The molecule has 1 atom stereocenters. The number of carbonyl (C=O) groups is 1. The number of rotatable bonds is 6. The number of hydrogen-bond acceptors (Lipinski definition) is 6. The molecule has 0 spiro atoms. The van der Waals surface area contributed by atoms with Crippen LogP contribution in [0.15, 0.2) is 22.8 Å². The summed E-state index contributed by atoms with van der Waals surface area (Å²) in [4.78, 5) is 12.6. The molecule has 2 rings (SSSR count). The Morgan fingerprint density at radius 3 is 3.05 bits per heavy atom. The predicted molar refractivity (Wildman–Crippen MR) is 74.5 cm³/mol. The standard InChI is InChI=1S/C13H17N3O3S/c1-3-5-9-11(20-16-15-9)12(17)14-8-13(2,18)10-6-4-7-19-10/h4,6-7,18H,3,5,8H2,1-2H3,(H,14,17)/t13-/m1/s1. The first-order chi connectivity index (χ1) is 9.54. The van der Waals surface area contributed by atoms with E-state index in [-0.39, 0.29) is 12.5 Å². The highest BCUT2D eigenvalue weighted by Gasteiger charge is 2.27. The van der Waals surface area contributed by atoms with Crippen molar-refractivity contribution in [1.29, 1.82) is 0 Å². The molecule has 2 N–H and O–H groups in total. The van der Waals surface area contributed by atoms with Gasteiger partial charge in [-0.3, -0.25) is 4.79 Å². The van der Waals surface area contributed by atoms with Crippen LogP contribution in [0, 0.1) is 0 Å². The van der Waals surface area contributed by atoms with E-state index < -0.39 is 5.60 Å². The molecule has 2 aromatic heterocycles. The quantitative estimate of drug-likeness (QED) is 0.847. The molecular weight excluding hydrogens is 278 g/mol. The molecule has 20 heavy (non-hydrogen) atoms. The molecule has 0 radical (unpaired) electrons. The summed E-state index contributed by atoms with van der Waals surface area (Å²) in [5.41, 5.74) is -0.546. The molecule has 0 fully saturated rings. The van der Waals surface area contributed by atoms with Crippen LogP contribution in [0.4, 0.5) is 0 Å². The van der Waals surface area contributed by atoms with Gasteiger partial charge in [0, 0.05) is 0 Å². The summed E-state index contributed by atoms with van der Waals surface area (Å²) in [6.45, 7) is 3.66. The molecule has 0 unspecified atom stereocenters. The van der Waals surface area contributed by atoms with Crippen molar-refractivity contribution in [3.8, 4) is 0 Å². The number of hydrogen-bond donors (Lipinski definition) is 2. The third-order valence-corrected chi connectivity index (χ3v) is 3.66. The minimum atomic E-state index is -1.25. The summed E-state index contributed by atoms with van der Waals surface area (Å²) in [5.74, 6) is 0.143. The van der Waals surface area contributed by atoms with Crippen LogP contribution in [0.2, 0.25) is 0 Å². The maximum Gasteiger partial charge on any atom is 0.265 e. The Bertz CT molecular complexity index is 563. The highest BCUT2D eigenvalue weighted by atomic mass is 32.1. The lowest BCUT2D eigenvalue weighted by molar-refractivity contribution is 0.0331. The number of aliphatic hydroxyl groups is 1. The fourth-order valence-corrected chi connectivity index (χ4v) is 2.41. The highest BCUT2D eigenvalue weighted by Crippen LogP contribution is 2.20. The highest BCUT2D eigenvalue weighted by molar-refractivity contribution is 7.08. The Morgan fingerprint density at radius 1 is 1.60 bits per heavy atom. The number of nitrogens with zero attached hydrogens (tertiary/aromatic N) is 2. The van der Waals surface area contributed by atoms with Gasteiger partial charge in [0.25, 0.3) is 5.91 Å². The summed E-state index contributed by atoms with van der Waals surface area (Å²) in [6.07, 6.45) is 3.10. The zero-order valence-electron chi connectivity index (χ0n) is 11.4. The average Bonchev–Trinajstić information content (AvgIpc) is 3.07. The Balaban J connectivity index is 2.00. The van der Waals surface area contributed by atoms with E-state index in [1.807, 2.05) is 6.92 Å². The van der Waals surface area contributed by atoms with Crippen molar-refractivity contribution in [3.05, 3.63) is 34.7 Å². The maximum atomic E-state index is 12.1. The molecule has 1 amide bonds. The van der Waals surface area contributed by atoms with Gasteiger partial charge in [-0.25, -0.2) is 0 Å². The van der Waals surface area contributed by atoms with Crippen LogP contribution in [0.25, 0.3) is 0 Å². The minimum Gasteiger partial charge on any atom is -0.466 e. The van der Waals surface area contributed by atoms with E-state index in [0.717, 1.165) is 18.0 Å². The van der Waals surface area contributed by atoms with Gasteiger partial charge in [-0.05, 0) is 37.0 Å². The SMILES string of the molecule is CCCc1nnsc1C(=O)NC[C@@](C)(O)c1ccco1. The van der Waals surface area contributed by atoms with Crippen LogP contribution in [0.1, 0.15) is 41.4 Å². The second-order valence-corrected chi connectivity index (χ2v) is 5.49. The number of aryl methyl sites for hydroxylation is 1. The lowest BCUT2D eigenvalue weighted by Gasteiger charge is -2.20. The molecule has 108 valence electrons. The second kappa shape index (κ2) is 6.15. The van der Waals surface area contributed by atoms with E-state index >= 15 is 0 Å². The van der Waals surface area contributed by atoms with Gasteiger partial charge < -0.3 is 14.8 Å². The molecular formula is C13H17N3O3S. The zero-order valence-corrected chi connectivity index (χ0v) is 12.2. The Morgan fingerprint density at radius 2 is 2.40 bits per heavy atom. The van der Waals surface area contributed by atoms with E-state index in [4.69, 9.17) is 4.42 Å². The van der Waals surface area contributed by atoms with Crippen LogP contribution in [0.3, 0.4) is 0 Å². The van der Waals surface area contributed by atoms with Crippen molar-refractivity contribution in [1.82, 2.24) is 14.9 Å². The van der Waals surface area contributed by atoms with Crippen LogP contribution in [0.5, 0.6) is 0 Å². The first-order valence-electron chi connectivity index (χ1n) is 6.40. The van der Waals surface area contributed by atoms with Crippen LogP contribution in [-0.2, 0) is 12.0 Å². The number of aromatic nitrogens is 2. The van der Waals surface area contributed by atoms with Gasteiger partial charge in [-0.1, -0.05) is 17.8 Å². The fourth-order valence-electron chi connectivity index (χ4n) is 1.79. The Hall–Kier alpha value is -1.73. The smallest absolute Gasteiger partial charge is 0.265 e. The monoisotopic (exact) mass is 295 g/mol. The first kappa shape index (κ1) is 14.7. The third-order valence-electron chi connectivity index (χ3n) is 2.89. The van der Waals surface area contributed by atoms with Crippen LogP contribution >= 0.6 is 11.5 Å². The largest absolute Gasteiger partial charge is 0.466 e. The summed E-state index contributed by atoms with van der Waals surface area (Å²) in [7, 11) is 0. The van der Waals surface area contributed by atoms with Gasteiger partial charge in [-0.2, -0.15) is 0 Å². The molecule has 2 heterocycles. The molecule has 0 aromatic carbocycles. The molecule has 0 aliphatic carbocycles. The number of carbonyl (C=O) groups excluding carboxylic acids is 1. The summed E-state index contributed by atoms with van der Waals surface area (Å²) in [5, 5.41) is 16.9. The summed E-state index contributed by atoms with van der Waals surface area (Å²) >= 11 is 1.07. The molecule has 0 saturated heterocycles. The third kappa shape index (κ3) is 3.23. The van der Waals surface area contributed by atoms with E-state index in [1.165, 1.54) is 6.26 Å². The van der Waals surface area contributed by atoms with Gasteiger partial charge in [0.05, 0.1) is 18.5 Å². The van der Waals surface area contributed by atoms with E-state index in [9.17, 15) is 9.90 Å². The molecule has 0 bridgehead atoms. The van der Waals surface area contributed by atoms with Crippen molar-refractivity contribution in [2.75, 3.05) is 6.54 Å². The normalized spacial score (nSPS) is 13.9. The van der Waals surface area contributed by atoms with Gasteiger partial charge >= 0.3 is 0 Å². The molecule has 0 aliphatic heterocycles. The number of nitrogens with one attached hydrogen (secondary N) is 1. The topological polar surface area (TPSA) is 88.2 Å². The van der Waals surface area contributed by atoms with Crippen molar-refractivity contribution in [2.24, 2.45) is 0 Å². The van der Waals surface area contributed by atoms with E-state index in [0.29, 0.717) is 22.8 Å². The number of furan rings is 1. The van der Waals surface area contributed by atoms with Gasteiger partial charge in [0.1, 0.15) is 16.2 Å². The Kier molecular flexibility index (Phi) is 4.51. The van der Waals surface area contributed by atoms with Gasteiger partial charge in [0.15, 0.2) is 0 Å². The number of amides is 1. The summed E-state index contributed by atoms with van der Waals surface area (Å²) in [6, 6.07) is 3.36. The first-order valence-corrected chi connectivity index (χ1v) is 7.17. The van der Waals surface area contributed by atoms with Crippen molar-refractivity contribution in [3.63, 3.8) is 0 Å². The van der Waals surface area contributed by atoms with Crippen LogP contribution < -0.4 is 5.32 Å². The maximum absolute atomic E-state index is 12.1. The second-order valence-electron chi connectivity index (χ2n) is 4.73. The molecule has 0 aliphatic rings. The lowest BCUT2D eigenvalue weighted by Crippen LogP contribution is -2.38. The molecule has 2 aromatic rings. The van der Waals surface area contributed by atoms with Gasteiger partial charge in [-0.15, -0.1) is 5.10 Å². The molecule has 7 heteroatoms. The summed E-state index contributed by atoms with van der Waals surface area (Å²) < 4.78 is 8.97. The van der Waals surface area contributed by atoms with E-state index in [2.05, 4.69) is 14.9 Å². The lowest BCUT2D eigenvalue weighted by atomic mass is 10.0. The molecule has 6 nitrogen and oxygen atoms in total. The van der Waals surface area contributed by atoms with Crippen LogP contribution in [-0.4, -0.2) is 27.1 Å². The van der Waals surface area contributed by atoms with E-state index in [1.54, 1.807) is 19.1 Å². The van der Waals surface area contributed by atoms with Crippen molar-refractivity contribution < 1.29 is 14.3 Å². The van der Waals surface area contributed by atoms with Crippen molar-refractivity contribution >= 4 is 17.4 Å². The fraction of sp³-hybridized carbons (Fsp3) is 0.462. The Labute approximate surface area is 121 Å². The average molecular weight is 295 g/mol.